The Morgan fingerprint density at radius 2 is 1.80 bits per heavy atom. The molecule has 0 N–H and O–H groups in total. The number of fused-ring (bicyclic) bond motifs is 1. The van der Waals surface area contributed by atoms with E-state index < -0.39 is 12.0 Å². The summed E-state index contributed by atoms with van der Waals surface area (Å²) in [6, 6.07) is 13.0. The van der Waals surface area contributed by atoms with Crippen molar-refractivity contribution in [1.82, 2.24) is 4.57 Å². The summed E-state index contributed by atoms with van der Waals surface area (Å²) in [5.41, 5.74) is 3.53. The Kier molecular flexibility index (Phi) is 8.93. The van der Waals surface area contributed by atoms with Gasteiger partial charge in [0.15, 0.2) is 4.80 Å². The second-order valence-corrected chi connectivity index (χ2v) is 11.2. The van der Waals surface area contributed by atoms with E-state index in [2.05, 4.69) is 29.2 Å². The van der Waals surface area contributed by atoms with Crippen LogP contribution in [0.25, 0.3) is 6.08 Å². The predicted molar refractivity (Wildman–Crippen MR) is 162 cm³/mol. The summed E-state index contributed by atoms with van der Waals surface area (Å²) < 4.78 is 18.9. The van der Waals surface area contributed by atoms with Gasteiger partial charge in [0.1, 0.15) is 17.5 Å². The number of piperidine rings is 1. The van der Waals surface area contributed by atoms with Gasteiger partial charge in [0.25, 0.3) is 5.56 Å². The number of thiazole rings is 1. The number of aromatic nitrogens is 1. The van der Waals surface area contributed by atoms with Gasteiger partial charge in [-0.05, 0) is 74.6 Å². The molecule has 0 bridgehead atoms. The number of hydrogen-bond acceptors (Lipinski definition) is 8. The molecule has 2 aliphatic rings. The van der Waals surface area contributed by atoms with Crippen LogP contribution in [0.1, 0.15) is 63.1 Å². The average Bonchev–Trinajstić information content (AvgIpc) is 3.31. The van der Waals surface area contributed by atoms with E-state index in [1.165, 1.54) is 36.3 Å². The van der Waals surface area contributed by atoms with E-state index in [0.29, 0.717) is 44.1 Å². The number of nitrogens with zero attached hydrogens (tertiary/aromatic N) is 3. The van der Waals surface area contributed by atoms with Crippen molar-refractivity contribution in [3.8, 4) is 11.5 Å². The Bertz CT molecular complexity index is 1610. The Balaban J connectivity index is 1.67. The van der Waals surface area contributed by atoms with Crippen LogP contribution in [0.15, 0.2) is 63.5 Å². The summed E-state index contributed by atoms with van der Waals surface area (Å²) in [6.07, 6.45) is 6.97. The lowest BCUT2D eigenvalue weighted by Crippen LogP contribution is -2.40. The molecule has 0 aliphatic carbocycles. The van der Waals surface area contributed by atoms with Crippen LogP contribution in [0.4, 0.5) is 5.69 Å². The third-order valence-corrected chi connectivity index (χ3v) is 8.52. The quantitative estimate of drug-likeness (QED) is 0.348. The number of carbonyl (C=O) groups is 1. The molecule has 0 unspecified atom stereocenters. The number of methoxy groups -OCH3 is 2. The first kappa shape index (κ1) is 28.7. The molecular weight excluding hydrogens is 538 g/mol. The zero-order valence-corrected chi connectivity index (χ0v) is 25.0. The van der Waals surface area contributed by atoms with Crippen LogP contribution in [0.3, 0.4) is 0 Å². The van der Waals surface area contributed by atoms with E-state index in [4.69, 9.17) is 19.2 Å². The minimum absolute atomic E-state index is 0.210. The van der Waals surface area contributed by atoms with Crippen LogP contribution in [0.2, 0.25) is 0 Å². The molecule has 1 fully saturated rings. The summed E-state index contributed by atoms with van der Waals surface area (Å²) in [4.78, 5) is 35.4. The molecule has 2 aromatic carbocycles. The van der Waals surface area contributed by atoms with Gasteiger partial charge in [-0.2, -0.15) is 0 Å². The van der Waals surface area contributed by atoms with Crippen molar-refractivity contribution in [2.75, 3.05) is 38.8 Å². The van der Waals surface area contributed by atoms with E-state index in [-0.39, 0.29) is 12.2 Å². The number of hydrogen-bond donors (Lipinski definition) is 0. The summed E-state index contributed by atoms with van der Waals surface area (Å²) in [7, 11) is 3.15. The molecule has 8 nitrogen and oxygen atoms in total. The minimum Gasteiger partial charge on any atom is -0.497 e. The molecule has 0 amide bonds. The second kappa shape index (κ2) is 12.8. The molecular formula is C32H37N3O5S. The number of esters is 1. The van der Waals surface area contributed by atoms with E-state index in [0.717, 1.165) is 25.1 Å². The first-order valence-corrected chi connectivity index (χ1v) is 15.1. The fourth-order valence-electron chi connectivity index (χ4n) is 5.55. The highest BCUT2D eigenvalue weighted by atomic mass is 32.1. The van der Waals surface area contributed by atoms with Crippen LogP contribution in [-0.4, -0.2) is 44.5 Å². The molecule has 1 aromatic heterocycles. The Morgan fingerprint density at radius 1 is 1.05 bits per heavy atom. The van der Waals surface area contributed by atoms with Crippen LogP contribution >= 0.6 is 11.3 Å². The smallest absolute Gasteiger partial charge is 0.338 e. The van der Waals surface area contributed by atoms with Crippen molar-refractivity contribution in [3.63, 3.8) is 0 Å². The molecule has 3 heterocycles. The lowest BCUT2D eigenvalue weighted by atomic mass is 9.93. The number of ether oxygens (including phenoxy) is 3. The van der Waals surface area contributed by atoms with E-state index in [1.807, 2.05) is 19.1 Å². The normalized spacial score (nSPS) is 17.2. The number of anilines is 1. The van der Waals surface area contributed by atoms with Gasteiger partial charge in [0.2, 0.25) is 0 Å². The summed E-state index contributed by atoms with van der Waals surface area (Å²) >= 11 is 1.33. The lowest BCUT2D eigenvalue weighted by molar-refractivity contribution is -0.139. The minimum atomic E-state index is -0.777. The molecule has 216 valence electrons. The van der Waals surface area contributed by atoms with E-state index in [1.54, 1.807) is 37.8 Å². The number of rotatable bonds is 9. The van der Waals surface area contributed by atoms with Crippen molar-refractivity contribution in [2.24, 2.45) is 4.99 Å². The van der Waals surface area contributed by atoms with Crippen LogP contribution in [-0.2, 0) is 9.53 Å². The summed E-state index contributed by atoms with van der Waals surface area (Å²) in [5.74, 6) is 0.643. The molecule has 41 heavy (non-hydrogen) atoms. The zero-order chi connectivity index (χ0) is 28.9. The van der Waals surface area contributed by atoms with Crippen LogP contribution in [0, 0.1) is 0 Å². The Hall–Kier alpha value is -3.85. The maximum absolute atomic E-state index is 14.1. The molecule has 0 saturated carbocycles. The number of allylic oxidation sites excluding steroid dienone is 1. The van der Waals surface area contributed by atoms with Gasteiger partial charge in [-0.15, -0.1) is 0 Å². The van der Waals surface area contributed by atoms with Gasteiger partial charge in [0, 0.05) is 24.3 Å². The van der Waals surface area contributed by atoms with E-state index in [9.17, 15) is 9.59 Å². The standard InChI is InChI=1S/C32H37N3O5S/c1-5-10-25-28(31(37)40-6-2)29(24-20-23(38-3)15-16-26(24)39-4)35-30(36)27(41-32(35)33-25)19-21-11-13-22(14-12-21)34-17-8-7-9-18-34/h11-16,19-20,29H,5-10,17-18H2,1-4H3/b27-19-/t29-/m1/s1. The monoisotopic (exact) mass is 575 g/mol. The van der Waals surface area contributed by atoms with Crippen molar-refractivity contribution >= 4 is 29.1 Å². The SMILES string of the molecule is CCCC1=C(C(=O)OCC)[C@@H](c2cc(OC)ccc2OC)n2c(s/c(=C\c3ccc(N4CCCCC4)cc3)c2=O)=N1. The van der Waals surface area contributed by atoms with E-state index >= 15 is 0 Å². The third kappa shape index (κ3) is 5.81. The van der Waals surface area contributed by atoms with Gasteiger partial charge in [-0.25, -0.2) is 9.79 Å². The molecule has 0 spiro atoms. The molecule has 1 saturated heterocycles. The highest BCUT2D eigenvalue weighted by Gasteiger charge is 2.36. The average molecular weight is 576 g/mol. The van der Waals surface area contributed by atoms with Gasteiger partial charge < -0.3 is 19.1 Å². The highest BCUT2D eigenvalue weighted by Crippen LogP contribution is 2.38. The predicted octanol–water partition coefficient (Wildman–Crippen LogP) is 4.59. The maximum Gasteiger partial charge on any atom is 0.338 e. The van der Waals surface area contributed by atoms with Gasteiger partial charge in [-0.1, -0.05) is 36.8 Å². The van der Waals surface area contributed by atoms with Crippen LogP contribution in [0.5, 0.6) is 11.5 Å². The number of benzene rings is 2. The maximum atomic E-state index is 14.1. The first-order valence-electron chi connectivity index (χ1n) is 14.3. The molecule has 3 aromatic rings. The summed E-state index contributed by atoms with van der Waals surface area (Å²) in [6.45, 7) is 6.17. The van der Waals surface area contributed by atoms with Gasteiger partial charge in [-0.3, -0.25) is 9.36 Å². The third-order valence-electron chi connectivity index (χ3n) is 7.54. The molecule has 9 heteroatoms. The van der Waals surface area contributed by atoms with Crippen molar-refractivity contribution in [2.45, 2.75) is 52.0 Å². The zero-order valence-electron chi connectivity index (χ0n) is 24.1. The van der Waals surface area contributed by atoms with Crippen molar-refractivity contribution in [1.29, 1.82) is 0 Å². The fourth-order valence-corrected chi connectivity index (χ4v) is 6.57. The molecule has 2 aliphatic heterocycles. The van der Waals surface area contributed by atoms with Gasteiger partial charge in [0.05, 0.1) is 36.6 Å². The summed E-state index contributed by atoms with van der Waals surface area (Å²) in [5, 5.41) is 0. The second-order valence-electron chi connectivity index (χ2n) is 10.2. The molecule has 0 radical (unpaired) electrons. The largest absolute Gasteiger partial charge is 0.497 e. The fraction of sp³-hybridized carbons (Fsp3) is 0.406. The Labute approximate surface area is 244 Å². The topological polar surface area (TPSA) is 82.4 Å². The van der Waals surface area contributed by atoms with Crippen LogP contribution < -0.4 is 29.3 Å². The first-order chi connectivity index (χ1) is 20.0. The van der Waals surface area contributed by atoms with Crippen molar-refractivity contribution < 1.29 is 19.0 Å². The number of carbonyl (C=O) groups excluding carboxylic acids is 1. The van der Waals surface area contributed by atoms with Crippen molar-refractivity contribution in [3.05, 3.63) is 84.5 Å². The highest BCUT2D eigenvalue weighted by molar-refractivity contribution is 7.07. The lowest BCUT2D eigenvalue weighted by Gasteiger charge is -2.28. The molecule has 5 rings (SSSR count). The van der Waals surface area contributed by atoms with Gasteiger partial charge >= 0.3 is 5.97 Å². The molecule has 1 atom stereocenters. The Morgan fingerprint density at radius 3 is 2.46 bits per heavy atom.